The van der Waals surface area contributed by atoms with Crippen LogP contribution >= 0.6 is 0 Å². The zero-order valence-electron chi connectivity index (χ0n) is 10.2. The number of hydrogen-bond acceptors (Lipinski definition) is 4. The SMILES string of the molecule is CC(C)c1ccc(Nc2ccco2)c([N+](=O)[O-])c1. The fourth-order valence-electron chi connectivity index (χ4n) is 1.65. The van der Waals surface area contributed by atoms with Crippen LogP contribution in [-0.4, -0.2) is 4.92 Å². The first-order valence-electron chi connectivity index (χ1n) is 5.67. The van der Waals surface area contributed by atoms with Gasteiger partial charge in [0.15, 0.2) is 5.88 Å². The van der Waals surface area contributed by atoms with Crippen molar-refractivity contribution in [1.82, 2.24) is 0 Å². The predicted molar refractivity (Wildman–Crippen MR) is 69.2 cm³/mol. The molecule has 1 aromatic heterocycles. The van der Waals surface area contributed by atoms with E-state index in [1.54, 1.807) is 24.3 Å². The Balaban J connectivity index is 2.37. The Morgan fingerprint density at radius 2 is 2.11 bits per heavy atom. The minimum absolute atomic E-state index is 0.0533. The lowest BCUT2D eigenvalue weighted by Crippen LogP contribution is -1.98. The molecule has 94 valence electrons. The van der Waals surface area contributed by atoms with Crippen molar-refractivity contribution in [3.05, 3.63) is 52.3 Å². The lowest BCUT2D eigenvalue weighted by molar-refractivity contribution is -0.384. The molecule has 0 fully saturated rings. The molecular formula is C13H14N2O3. The van der Waals surface area contributed by atoms with Crippen LogP contribution in [-0.2, 0) is 0 Å². The van der Waals surface area contributed by atoms with E-state index < -0.39 is 4.92 Å². The van der Waals surface area contributed by atoms with Crippen LogP contribution in [0.1, 0.15) is 25.3 Å². The van der Waals surface area contributed by atoms with Crippen molar-refractivity contribution in [3.8, 4) is 0 Å². The first kappa shape index (κ1) is 12.2. The summed E-state index contributed by atoms with van der Waals surface area (Å²) in [6.45, 7) is 4.00. The molecule has 0 aliphatic carbocycles. The van der Waals surface area contributed by atoms with Gasteiger partial charge in [-0.05, 0) is 23.6 Å². The van der Waals surface area contributed by atoms with Crippen molar-refractivity contribution in [2.75, 3.05) is 5.32 Å². The van der Waals surface area contributed by atoms with Crippen molar-refractivity contribution in [2.24, 2.45) is 0 Å². The van der Waals surface area contributed by atoms with Gasteiger partial charge in [0.25, 0.3) is 5.69 Å². The van der Waals surface area contributed by atoms with E-state index >= 15 is 0 Å². The minimum atomic E-state index is -0.392. The Bertz CT molecular complexity index is 547. The molecule has 5 nitrogen and oxygen atoms in total. The highest BCUT2D eigenvalue weighted by molar-refractivity contribution is 5.68. The van der Waals surface area contributed by atoms with Crippen LogP contribution in [0.2, 0.25) is 0 Å². The predicted octanol–water partition coefficient (Wildman–Crippen LogP) is 4.05. The number of benzene rings is 1. The number of furan rings is 1. The number of nitro benzene ring substituents is 1. The van der Waals surface area contributed by atoms with E-state index in [9.17, 15) is 10.1 Å². The largest absolute Gasteiger partial charge is 0.449 e. The summed E-state index contributed by atoms with van der Waals surface area (Å²) in [6.07, 6.45) is 1.51. The van der Waals surface area contributed by atoms with Crippen LogP contribution in [0, 0.1) is 10.1 Å². The van der Waals surface area contributed by atoms with E-state index in [4.69, 9.17) is 4.42 Å². The van der Waals surface area contributed by atoms with Crippen LogP contribution in [0.3, 0.4) is 0 Å². The fraction of sp³-hybridized carbons (Fsp3) is 0.231. The molecule has 1 N–H and O–H groups in total. The molecule has 5 heteroatoms. The van der Waals surface area contributed by atoms with Crippen LogP contribution in [0.4, 0.5) is 17.3 Å². The quantitative estimate of drug-likeness (QED) is 0.652. The molecule has 18 heavy (non-hydrogen) atoms. The molecule has 0 amide bonds. The van der Waals surface area contributed by atoms with Crippen LogP contribution < -0.4 is 5.32 Å². The molecule has 0 saturated heterocycles. The Morgan fingerprint density at radius 1 is 1.33 bits per heavy atom. The summed E-state index contributed by atoms with van der Waals surface area (Å²) in [5.74, 6) is 0.733. The van der Waals surface area contributed by atoms with Gasteiger partial charge in [0.05, 0.1) is 11.2 Å². The van der Waals surface area contributed by atoms with Gasteiger partial charge in [-0.2, -0.15) is 0 Å². The van der Waals surface area contributed by atoms with Gasteiger partial charge in [0, 0.05) is 12.1 Å². The van der Waals surface area contributed by atoms with Gasteiger partial charge >= 0.3 is 0 Å². The molecule has 0 bridgehead atoms. The molecule has 1 heterocycles. The van der Waals surface area contributed by atoms with E-state index in [1.165, 1.54) is 6.26 Å². The summed E-state index contributed by atoms with van der Waals surface area (Å²) in [4.78, 5) is 10.7. The third-order valence-corrected chi connectivity index (χ3v) is 2.66. The van der Waals surface area contributed by atoms with Gasteiger partial charge in [0.1, 0.15) is 5.69 Å². The van der Waals surface area contributed by atoms with Crippen molar-refractivity contribution in [2.45, 2.75) is 19.8 Å². The van der Waals surface area contributed by atoms with Gasteiger partial charge in [0.2, 0.25) is 0 Å². The molecular weight excluding hydrogens is 232 g/mol. The molecule has 0 aliphatic heterocycles. The van der Waals surface area contributed by atoms with Crippen molar-refractivity contribution >= 4 is 17.3 Å². The molecule has 0 spiro atoms. The number of nitrogens with one attached hydrogen (secondary N) is 1. The third-order valence-electron chi connectivity index (χ3n) is 2.66. The number of hydrogen-bond donors (Lipinski definition) is 1. The van der Waals surface area contributed by atoms with Gasteiger partial charge in [-0.25, -0.2) is 0 Å². The Kier molecular flexibility index (Phi) is 3.32. The van der Waals surface area contributed by atoms with Crippen LogP contribution in [0.5, 0.6) is 0 Å². The van der Waals surface area contributed by atoms with Gasteiger partial charge in [-0.1, -0.05) is 19.9 Å². The summed E-state index contributed by atoms with van der Waals surface area (Å²) in [5.41, 5.74) is 1.42. The van der Waals surface area contributed by atoms with Crippen molar-refractivity contribution in [3.63, 3.8) is 0 Å². The van der Waals surface area contributed by atoms with Gasteiger partial charge in [-0.3, -0.25) is 10.1 Å². The molecule has 0 atom stereocenters. The lowest BCUT2D eigenvalue weighted by atomic mass is 10.0. The van der Waals surface area contributed by atoms with Gasteiger partial charge < -0.3 is 9.73 Å². The lowest BCUT2D eigenvalue weighted by Gasteiger charge is -2.08. The molecule has 1 aromatic carbocycles. The van der Waals surface area contributed by atoms with E-state index in [0.29, 0.717) is 11.6 Å². The molecule has 2 rings (SSSR count). The number of anilines is 2. The summed E-state index contributed by atoms with van der Waals surface area (Å²) in [6, 6.07) is 8.60. The highest BCUT2D eigenvalue weighted by Crippen LogP contribution is 2.31. The monoisotopic (exact) mass is 246 g/mol. The van der Waals surface area contributed by atoms with Crippen molar-refractivity contribution in [1.29, 1.82) is 0 Å². The highest BCUT2D eigenvalue weighted by Gasteiger charge is 2.16. The Labute approximate surface area is 105 Å². The Morgan fingerprint density at radius 3 is 2.67 bits per heavy atom. The van der Waals surface area contributed by atoms with E-state index in [2.05, 4.69) is 5.32 Å². The van der Waals surface area contributed by atoms with E-state index in [0.717, 1.165) is 5.56 Å². The van der Waals surface area contributed by atoms with Crippen LogP contribution in [0.15, 0.2) is 41.0 Å². The second kappa shape index (κ2) is 4.91. The molecule has 0 radical (unpaired) electrons. The van der Waals surface area contributed by atoms with Crippen molar-refractivity contribution < 1.29 is 9.34 Å². The number of nitro groups is 1. The standard InChI is InChI=1S/C13H14N2O3/c1-9(2)10-5-6-11(12(8-10)15(16)17)14-13-4-3-7-18-13/h3-9,14H,1-2H3. The zero-order chi connectivity index (χ0) is 13.1. The highest BCUT2D eigenvalue weighted by atomic mass is 16.6. The first-order valence-corrected chi connectivity index (χ1v) is 5.67. The van der Waals surface area contributed by atoms with E-state index in [-0.39, 0.29) is 11.6 Å². The molecule has 0 saturated carbocycles. The number of rotatable bonds is 4. The average Bonchev–Trinajstić information content (AvgIpc) is 2.81. The average molecular weight is 246 g/mol. The zero-order valence-corrected chi connectivity index (χ0v) is 10.2. The maximum Gasteiger partial charge on any atom is 0.293 e. The second-order valence-corrected chi connectivity index (χ2v) is 4.29. The third kappa shape index (κ3) is 2.51. The maximum absolute atomic E-state index is 11.1. The molecule has 0 unspecified atom stereocenters. The maximum atomic E-state index is 11.1. The van der Waals surface area contributed by atoms with E-state index in [1.807, 2.05) is 19.9 Å². The summed E-state index contributed by atoms with van der Waals surface area (Å²) >= 11 is 0. The summed E-state index contributed by atoms with van der Waals surface area (Å²) < 4.78 is 5.12. The summed E-state index contributed by atoms with van der Waals surface area (Å²) in [7, 11) is 0. The van der Waals surface area contributed by atoms with Gasteiger partial charge in [-0.15, -0.1) is 0 Å². The summed E-state index contributed by atoms with van der Waals surface area (Å²) in [5, 5.41) is 14.0. The topological polar surface area (TPSA) is 68.3 Å². The minimum Gasteiger partial charge on any atom is -0.449 e. The second-order valence-electron chi connectivity index (χ2n) is 4.29. The number of nitrogens with zero attached hydrogens (tertiary/aromatic N) is 1. The normalized spacial score (nSPS) is 10.6. The smallest absolute Gasteiger partial charge is 0.293 e. The fourth-order valence-corrected chi connectivity index (χ4v) is 1.65. The molecule has 0 aliphatic rings. The van der Waals surface area contributed by atoms with Crippen LogP contribution in [0.25, 0.3) is 0 Å². The first-order chi connectivity index (χ1) is 8.58. The molecule has 2 aromatic rings. The Hall–Kier alpha value is -2.30.